The van der Waals surface area contributed by atoms with E-state index in [9.17, 15) is 0 Å². The van der Waals surface area contributed by atoms with Crippen LogP contribution in [0.25, 0.3) is 11.2 Å². The van der Waals surface area contributed by atoms with Crippen LogP contribution in [0.15, 0.2) is 6.33 Å². The molecule has 0 bridgehead atoms. The molecule has 1 saturated carbocycles. The van der Waals surface area contributed by atoms with Crippen LogP contribution >= 0.6 is 24.8 Å². The van der Waals surface area contributed by atoms with Crippen LogP contribution in [0.4, 0.5) is 11.8 Å². The maximum Gasteiger partial charge on any atom is 0.227 e. The second kappa shape index (κ2) is 10.9. The van der Waals surface area contributed by atoms with Crippen molar-refractivity contribution in [3.63, 3.8) is 0 Å². The monoisotopic (exact) mass is 417 g/mol. The lowest BCUT2D eigenvalue weighted by molar-refractivity contribution is 0.410. The van der Waals surface area contributed by atoms with Gasteiger partial charge in [-0.05, 0) is 46.0 Å². The van der Waals surface area contributed by atoms with Crippen LogP contribution in [-0.2, 0) is 0 Å². The molecule has 154 valence electrons. The Bertz CT molecular complexity index is 696. The minimum atomic E-state index is 0. The summed E-state index contributed by atoms with van der Waals surface area (Å²) >= 11 is 0. The molecule has 1 aliphatic carbocycles. The molecular formula is C18H33Cl2N7. The van der Waals surface area contributed by atoms with Crippen LogP contribution in [0.1, 0.15) is 65.3 Å². The number of hydrogen-bond acceptors (Lipinski definition) is 6. The van der Waals surface area contributed by atoms with Gasteiger partial charge in [0.25, 0.3) is 0 Å². The molecule has 0 aliphatic heterocycles. The van der Waals surface area contributed by atoms with Gasteiger partial charge in [0.15, 0.2) is 17.0 Å². The van der Waals surface area contributed by atoms with Crippen molar-refractivity contribution in [3.8, 4) is 0 Å². The molecule has 0 saturated heterocycles. The van der Waals surface area contributed by atoms with Crippen molar-refractivity contribution >= 4 is 47.7 Å². The average Bonchev–Trinajstić information content (AvgIpc) is 3.01. The third kappa shape index (κ3) is 5.83. The predicted octanol–water partition coefficient (Wildman–Crippen LogP) is 4.14. The number of nitrogens with one attached hydrogen (secondary N) is 2. The topological polar surface area (TPSA) is 93.7 Å². The number of hydrogen-bond donors (Lipinski definition) is 3. The van der Waals surface area contributed by atoms with Crippen molar-refractivity contribution in [1.82, 2.24) is 19.5 Å². The van der Waals surface area contributed by atoms with Crippen molar-refractivity contribution < 1.29 is 0 Å². The average molecular weight is 418 g/mol. The summed E-state index contributed by atoms with van der Waals surface area (Å²) in [5.74, 6) is 1.52. The molecule has 9 heteroatoms. The highest BCUT2D eigenvalue weighted by Crippen LogP contribution is 2.25. The molecule has 2 heterocycles. The first-order valence-electron chi connectivity index (χ1n) is 9.59. The van der Waals surface area contributed by atoms with E-state index in [-0.39, 0.29) is 24.8 Å². The maximum absolute atomic E-state index is 6.02. The number of imidazole rings is 1. The third-order valence-corrected chi connectivity index (χ3v) is 4.91. The van der Waals surface area contributed by atoms with Crippen molar-refractivity contribution in [2.75, 3.05) is 17.2 Å². The van der Waals surface area contributed by atoms with Crippen LogP contribution in [0.5, 0.6) is 0 Å². The Labute approximate surface area is 174 Å². The van der Waals surface area contributed by atoms with Crippen molar-refractivity contribution in [1.29, 1.82) is 0 Å². The van der Waals surface area contributed by atoms with Crippen LogP contribution in [-0.4, -0.2) is 38.1 Å². The molecule has 4 N–H and O–H groups in total. The Hall–Kier alpha value is -1.31. The van der Waals surface area contributed by atoms with Gasteiger partial charge in [0, 0.05) is 24.7 Å². The van der Waals surface area contributed by atoms with Crippen LogP contribution in [0, 0.1) is 0 Å². The number of fused-ring (bicyclic) bond motifs is 1. The smallest absolute Gasteiger partial charge is 0.227 e. The number of nitrogens with two attached hydrogens (primary N) is 1. The SMILES string of the molecule is CCCCNc1nc(N[C@H]2CC[C@H](N)CC2)nc2c1ncn2C(C)C.Cl.Cl. The third-order valence-electron chi connectivity index (χ3n) is 4.91. The summed E-state index contributed by atoms with van der Waals surface area (Å²) in [7, 11) is 0. The van der Waals surface area contributed by atoms with E-state index in [1.54, 1.807) is 0 Å². The normalized spacial score (nSPS) is 19.4. The first-order valence-corrected chi connectivity index (χ1v) is 9.59. The maximum atomic E-state index is 6.02. The van der Waals surface area contributed by atoms with E-state index >= 15 is 0 Å². The number of aromatic nitrogens is 4. The summed E-state index contributed by atoms with van der Waals surface area (Å²) in [4.78, 5) is 14.0. The molecule has 0 aromatic carbocycles. The summed E-state index contributed by atoms with van der Waals surface area (Å²) in [5, 5.41) is 6.96. The summed E-state index contributed by atoms with van der Waals surface area (Å²) in [6.07, 6.45) is 8.39. The van der Waals surface area contributed by atoms with Crippen LogP contribution in [0.2, 0.25) is 0 Å². The molecule has 0 amide bonds. The molecule has 2 aromatic rings. The van der Waals surface area contributed by atoms with Gasteiger partial charge < -0.3 is 20.9 Å². The van der Waals surface area contributed by atoms with E-state index in [2.05, 4.69) is 41.0 Å². The molecular weight excluding hydrogens is 385 g/mol. The zero-order chi connectivity index (χ0) is 17.8. The fraction of sp³-hybridized carbons (Fsp3) is 0.722. The van der Waals surface area contributed by atoms with Crippen LogP contribution in [0.3, 0.4) is 0 Å². The quantitative estimate of drug-likeness (QED) is 0.585. The van der Waals surface area contributed by atoms with Gasteiger partial charge >= 0.3 is 0 Å². The minimum absolute atomic E-state index is 0. The number of rotatable bonds is 7. The highest BCUT2D eigenvalue weighted by Gasteiger charge is 2.21. The van der Waals surface area contributed by atoms with Gasteiger partial charge in [0.05, 0.1) is 6.33 Å². The van der Waals surface area contributed by atoms with Gasteiger partial charge in [0.2, 0.25) is 5.95 Å². The summed E-state index contributed by atoms with van der Waals surface area (Å²) in [5.41, 5.74) is 7.75. The minimum Gasteiger partial charge on any atom is -0.368 e. The first kappa shape index (κ1) is 23.7. The molecule has 7 nitrogen and oxygen atoms in total. The Morgan fingerprint density at radius 1 is 1.19 bits per heavy atom. The predicted molar refractivity (Wildman–Crippen MR) is 117 cm³/mol. The van der Waals surface area contributed by atoms with Crippen molar-refractivity contribution in [3.05, 3.63) is 6.33 Å². The van der Waals surface area contributed by atoms with E-state index in [4.69, 9.17) is 15.7 Å². The fourth-order valence-corrected chi connectivity index (χ4v) is 3.31. The number of halogens is 2. The highest BCUT2D eigenvalue weighted by molar-refractivity contribution is 5.86. The zero-order valence-electron chi connectivity index (χ0n) is 16.4. The van der Waals surface area contributed by atoms with Gasteiger partial charge in [-0.3, -0.25) is 0 Å². The Kier molecular flexibility index (Phi) is 9.56. The molecule has 0 radical (unpaired) electrons. The van der Waals surface area contributed by atoms with Crippen molar-refractivity contribution in [2.24, 2.45) is 5.73 Å². The number of anilines is 2. The second-order valence-electron chi connectivity index (χ2n) is 7.35. The van der Waals surface area contributed by atoms with E-state index in [1.807, 2.05) is 6.33 Å². The van der Waals surface area contributed by atoms with Gasteiger partial charge in [0.1, 0.15) is 0 Å². The molecule has 0 atom stereocenters. The van der Waals surface area contributed by atoms with Gasteiger partial charge in [-0.15, -0.1) is 24.8 Å². The summed E-state index contributed by atoms with van der Waals surface area (Å²) in [6.45, 7) is 7.37. The number of unbranched alkanes of at least 4 members (excludes halogenated alkanes) is 1. The lowest BCUT2D eigenvalue weighted by Gasteiger charge is -2.27. The lowest BCUT2D eigenvalue weighted by Crippen LogP contribution is -2.33. The Morgan fingerprint density at radius 2 is 1.89 bits per heavy atom. The van der Waals surface area contributed by atoms with E-state index in [1.165, 1.54) is 0 Å². The Balaban J connectivity index is 0.00000182. The molecule has 3 rings (SSSR count). The molecule has 1 fully saturated rings. The van der Waals surface area contributed by atoms with Gasteiger partial charge in [-0.25, -0.2) is 4.98 Å². The molecule has 0 unspecified atom stereocenters. The summed E-state index contributed by atoms with van der Waals surface area (Å²) in [6, 6.07) is 1.05. The van der Waals surface area contributed by atoms with E-state index in [0.29, 0.717) is 24.1 Å². The fourth-order valence-electron chi connectivity index (χ4n) is 3.31. The van der Waals surface area contributed by atoms with Gasteiger partial charge in [-0.2, -0.15) is 9.97 Å². The van der Waals surface area contributed by atoms with E-state index < -0.39 is 0 Å². The molecule has 0 spiro atoms. The van der Waals surface area contributed by atoms with Crippen LogP contribution < -0.4 is 16.4 Å². The zero-order valence-corrected chi connectivity index (χ0v) is 18.1. The number of nitrogens with zero attached hydrogens (tertiary/aromatic N) is 4. The molecule has 27 heavy (non-hydrogen) atoms. The standard InChI is InChI=1S/C18H31N7.2ClH/c1-4-5-10-20-16-15-17(25(11-21-15)12(2)3)24-18(23-16)22-14-8-6-13(19)7-9-14;;/h11-14H,4-10,19H2,1-3H3,(H2,20,22,23,24);2*1H/t13-,14-;;. The highest BCUT2D eigenvalue weighted by atomic mass is 35.5. The first-order chi connectivity index (χ1) is 12.1. The largest absolute Gasteiger partial charge is 0.368 e. The van der Waals surface area contributed by atoms with Gasteiger partial charge in [-0.1, -0.05) is 13.3 Å². The Morgan fingerprint density at radius 3 is 2.52 bits per heavy atom. The molecule has 1 aliphatic rings. The van der Waals surface area contributed by atoms with Crippen molar-refractivity contribution in [2.45, 2.75) is 77.4 Å². The van der Waals surface area contributed by atoms with E-state index in [0.717, 1.165) is 62.1 Å². The lowest BCUT2D eigenvalue weighted by atomic mass is 9.92. The molecule has 2 aromatic heterocycles. The second-order valence-corrected chi connectivity index (χ2v) is 7.35. The summed E-state index contributed by atoms with van der Waals surface area (Å²) < 4.78 is 2.10.